The molecule has 3 aromatic rings. The molecule has 0 N–H and O–H groups in total. The molecular weight excluding hydrogens is 222 g/mol. The predicted molar refractivity (Wildman–Crippen MR) is 66.8 cm³/mol. The van der Waals surface area contributed by atoms with Crippen LogP contribution in [-0.2, 0) is 0 Å². The van der Waals surface area contributed by atoms with E-state index in [1.54, 1.807) is 12.1 Å². The Bertz CT molecular complexity index is 758. The predicted octanol–water partition coefficient (Wildman–Crippen LogP) is 3.16. The molecule has 80 valence electrons. The van der Waals surface area contributed by atoms with E-state index in [4.69, 9.17) is 11.6 Å². The summed E-state index contributed by atoms with van der Waals surface area (Å²) >= 11 is 6.04. The fourth-order valence-corrected chi connectivity index (χ4v) is 2.51. The van der Waals surface area contributed by atoms with Gasteiger partial charge in [0.25, 0.3) is 0 Å². The van der Waals surface area contributed by atoms with E-state index in [2.05, 4.69) is 11.3 Å². The second-order valence-corrected chi connectivity index (χ2v) is 4.55. The highest BCUT2D eigenvalue weighted by Gasteiger charge is 2.13. The second-order valence-electron chi connectivity index (χ2n) is 4.11. The quantitative estimate of drug-likeness (QED) is 0.582. The standard InChI is InChI=1S/C13H10ClNO/c1-7-8(2)15-4-3-12(16)11-6-9(14)5-10(7)13(11)15/h3-6H,1-2H3. The van der Waals surface area contributed by atoms with Crippen molar-refractivity contribution in [1.29, 1.82) is 0 Å². The van der Waals surface area contributed by atoms with Gasteiger partial charge in [-0.2, -0.15) is 0 Å². The molecule has 0 bridgehead atoms. The lowest BCUT2D eigenvalue weighted by Crippen LogP contribution is -2.02. The summed E-state index contributed by atoms with van der Waals surface area (Å²) in [5.74, 6) is 0. The molecule has 0 saturated heterocycles. The highest BCUT2D eigenvalue weighted by atomic mass is 35.5. The summed E-state index contributed by atoms with van der Waals surface area (Å²) in [5.41, 5.74) is 3.34. The molecule has 0 unspecified atom stereocenters. The van der Waals surface area contributed by atoms with Crippen molar-refractivity contribution in [2.75, 3.05) is 0 Å². The summed E-state index contributed by atoms with van der Waals surface area (Å²) in [6.45, 7) is 4.10. The number of pyridine rings is 1. The van der Waals surface area contributed by atoms with Crippen LogP contribution < -0.4 is 5.43 Å². The van der Waals surface area contributed by atoms with Crippen molar-refractivity contribution in [2.24, 2.45) is 0 Å². The molecule has 16 heavy (non-hydrogen) atoms. The van der Waals surface area contributed by atoms with Crippen LogP contribution in [0.4, 0.5) is 0 Å². The SMILES string of the molecule is Cc1c(C)n2ccc(=O)c3cc(Cl)cc1c32. The average Bonchev–Trinajstić information content (AvgIpc) is 2.49. The zero-order valence-corrected chi connectivity index (χ0v) is 9.80. The number of benzene rings is 1. The Morgan fingerprint density at radius 2 is 1.88 bits per heavy atom. The smallest absolute Gasteiger partial charge is 0.189 e. The largest absolute Gasteiger partial charge is 0.319 e. The number of hydrogen-bond donors (Lipinski definition) is 0. The molecule has 0 fully saturated rings. The number of rotatable bonds is 0. The van der Waals surface area contributed by atoms with Crippen LogP contribution in [0.15, 0.2) is 29.2 Å². The second kappa shape index (κ2) is 2.98. The average molecular weight is 232 g/mol. The molecule has 3 heteroatoms. The fourth-order valence-electron chi connectivity index (χ4n) is 2.29. The first-order chi connectivity index (χ1) is 7.59. The van der Waals surface area contributed by atoms with Gasteiger partial charge in [0.1, 0.15) is 0 Å². The van der Waals surface area contributed by atoms with Gasteiger partial charge in [-0.1, -0.05) is 11.6 Å². The molecular formula is C13H10ClNO. The summed E-state index contributed by atoms with van der Waals surface area (Å²) in [5, 5.41) is 2.38. The minimum absolute atomic E-state index is 0.0255. The maximum Gasteiger partial charge on any atom is 0.189 e. The maximum absolute atomic E-state index is 11.8. The lowest BCUT2D eigenvalue weighted by Gasteiger charge is -2.01. The molecule has 0 aliphatic heterocycles. The first-order valence-corrected chi connectivity index (χ1v) is 5.50. The van der Waals surface area contributed by atoms with Crippen LogP contribution >= 0.6 is 11.6 Å². The molecule has 2 heterocycles. The Kier molecular flexibility index (Phi) is 1.80. The van der Waals surface area contributed by atoms with E-state index >= 15 is 0 Å². The Hall–Kier alpha value is -1.54. The van der Waals surface area contributed by atoms with Crippen LogP contribution in [0.2, 0.25) is 5.02 Å². The van der Waals surface area contributed by atoms with Gasteiger partial charge in [0.2, 0.25) is 0 Å². The highest BCUT2D eigenvalue weighted by molar-refractivity contribution is 6.32. The van der Waals surface area contributed by atoms with Crippen molar-refractivity contribution in [3.05, 3.63) is 50.9 Å². The lowest BCUT2D eigenvalue weighted by atomic mass is 10.1. The van der Waals surface area contributed by atoms with Crippen molar-refractivity contribution in [1.82, 2.24) is 4.40 Å². The topological polar surface area (TPSA) is 21.5 Å². The van der Waals surface area contributed by atoms with Crippen molar-refractivity contribution in [3.8, 4) is 0 Å². The first kappa shape index (κ1) is 9.67. The minimum Gasteiger partial charge on any atom is -0.319 e. The van der Waals surface area contributed by atoms with Crippen molar-refractivity contribution >= 4 is 27.9 Å². The van der Waals surface area contributed by atoms with Crippen LogP contribution in [0.3, 0.4) is 0 Å². The number of aryl methyl sites for hydroxylation is 2. The normalized spacial score (nSPS) is 11.7. The molecule has 0 aliphatic rings. The van der Waals surface area contributed by atoms with Crippen molar-refractivity contribution < 1.29 is 0 Å². The lowest BCUT2D eigenvalue weighted by molar-refractivity contribution is 1.10. The summed E-state index contributed by atoms with van der Waals surface area (Å²) in [6.07, 6.45) is 1.83. The van der Waals surface area contributed by atoms with Crippen LogP contribution in [0, 0.1) is 13.8 Å². The van der Waals surface area contributed by atoms with Crippen LogP contribution in [0.5, 0.6) is 0 Å². The number of hydrogen-bond acceptors (Lipinski definition) is 1. The number of nitrogens with zero attached hydrogens (tertiary/aromatic N) is 1. The van der Waals surface area contributed by atoms with Gasteiger partial charge in [-0.15, -0.1) is 0 Å². The summed E-state index contributed by atoms with van der Waals surface area (Å²) in [6, 6.07) is 5.25. The van der Waals surface area contributed by atoms with E-state index in [-0.39, 0.29) is 5.43 Å². The summed E-state index contributed by atoms with van der Waals surface area (Å²) < 4.78 is 2.05. The Morgan fingerprint density at radius 3 is 2.62 bits per heavy atom. The molecule has 0 amide bonds. The van der Waals surface area contributed by atoms with Gasteiger partial charge in [-0.3, -0.25) is 4.79 Å². The van der Waals surface area contributed by atoms with E-state index in [1.165, 1.54) is 5.56 Å². The highest BCUT2D eigenvalue weighted by Crippen LogP contribution is 2.29. The Balaban J connectivity index is 2.78. The molecule has 2 nitrogen and oxygen atoms in total. The van der Waals surface area contributed by atoms with Gasteiger partial charge in [0.15, 0.2) is 5.43 Å². The summed E-state index contributed by atoms with van der Waals surface area (Å²) in [4.78, 5) is 11.8. The van der Waals surface area contributed by atoms with Crippen LogP contribution in [0.1, 0.15) is 11.3 Å². The van der Waals surface area contributed by atoms with Gasteiger partial charge in [0, 0.05) is 33.8 Å². The van der Waals surface area contributed by atoms with E-state index in [0.29, 0.717) is 10.4 Å². The summed E-state index contributed by atoms with van der Waals surface area (Å²) in [7, 11) is 0. The molecule has 0 radical (unpaired) electrons. The van der Waals surface area contributed by atoms with E-state index in [0.717, 1.165) is 16.6 Å². The third kappa shape index (κ3) is 1.05. The van der Waals surface area contributed by atoms with E-state index in [1.807, 2.05) is 19.2 Å². The number of aromatic nitrogens is 1. The molecule has 2 aromatic heterocycles. The third-order valence-corrected chi connectivity index (χ3v) is 3.48. The van der Waals surface area contributed by atoms with Gasteiger partial charge in [-0.05, 0) is 31.5 Å². The zero-order chi connectivity index (χ0) is 11.4. The van der Waals surface area contributed by atoms with E-state index < -0.39 is 0 Å². The molecule has 0 atom stereocenters. The molecule has 1 aromatic carbocycles. The van der Waals surface area contributed by atoms with Gasteiger partial charge < -0.3 is 4.40 Å². The monoisotopic (exact) mass is 231 g/mol. The third-order valence-electron chi connectivity index (χ3n) is 3.26. The van der Waals surface area contributed by atoms with Gasteiger partial charge in [0.05, 0.1) is 5.52 Å². The molecule has 3 rings (SSSR count). The van der Waals surface area contributed by atoms with Crippen molar-refractivity contribution in [2.45, 2.75) is 13.8 Å². The van der Waals surface area contributed by atoms with Crippen molar-refractivity contribution in [3.63, 3.8) is 0 Å². The van der Waals surface area contributed by atoms with Gasteiger partial charge >= 0.3 is 0 Å². The van der Waals surface area contributed by atoms with Gasteiger partial charge in [-0.25, -0.2) is 0 Å². The molecule has 0 saturated carbocycles. The van der Waals surface area contributed by atoms with E-state index in [9.17, 15) is 4.79 Å². The van der Waals surface area contributed by atoms with Crippen LogP contribution in [0.25, 0.3) is 16.3 Å². The molecule has 0 spiro atoms. The zero-order valence-electron chi connectivity index (χ0n) is 9.04. The minimum atomic E-state index is 0.0255. The van der Waals surface area contributed by atoms with Crippen LogP contribution in [-0.4, -0.2) is 4.40 Å². The molecule has 0 aliphatic carbocycles. The Morgan fingerprint density at radius 1 is 1.19 bits per heavy atom. The fraction of sp³-hybridized carbons (Fsp3) is 0.154. The maximum atomic E-state index is 11.8. The Labute approximate surface area is 97.4 Å². The number of halogens is 1. The first-order valence-electron chi connectivity index (χ1n) is 5.13.